The van der Waals surface area contributed by atoms with E-state index in [-0.39, 0.29) is 10.4 Å². The summed E-state index contributed by atoms with van der Waals surface area (Å²) in [5.41, 5.74) is -0.576. The van der Waals surface area contributed by atoms with E-state index < -0.39 is 11.7 Å². The van der Waals surface area contributed by atoms with Gasteiger partial charge in [0.15, 0.2) is 0 Å². The van der Waals surface area contributed by atoms with E-state index >= 15 is 0 Å². The van der Waals surface area contributed by atoms with Crippen molar-refractivity contribution in [1.29, 1.82) is 0 Å². The minimum atomic E-state index is -4.32. The zero-order valence-electron chi connectivity index (χ0n) is 6.85. The van der Waals surface area contributed by atoms with Crippen LogP contribution in [0.2, 0.25) is 0 Å². The van der Waals surface area contributed by atoms with Crippen LogP contribution in [-0.2, 0) is 6.18 Å². The molecule has 1 aromatic rings. The summed E-state index contributed by atoms with van der Waals surface area (Å²) in [6.45, 7) is 1.49. The molecule has 1 rings (SSSR count). The zero-order chi connectivity index (χ0) is 10.1. The van der Waals surface area contributed by atoms with E-state index in [9.17, 15) is 13.2 Å². The van der Waals surface area contributed by atoms with Gasteiger partial charge in [0.1, 0.15) is 0 Å². The van der Waals surface area contributed by atoms with Crippen LogP contribution in [0.15, 0.2) is 24.3 Å². The van der Waals surface area contributed by atoms with Crippen LogP contribution in [0.1, 0.15) is 18.1 Å². The predicted octanol–water partition coefficient (Wildman–Crippen LogP) is 3.44. The molecule has 0 N–H and O–H groups in total. The first-order valence-electron chi connectivity index (χ1n) is 3.60. The quantitative estimate of drug-likeness (QED) is 0.498. The minimum absolute atomic E-state index is 0.0880. The third-order valence-electron chi connectivity index (χ3n) is 1.61. The lowest BCUT2D eigenvalue weighted by molar-refractivity contribution is -0.137. The van der Waals surface area contributed by atoms with Gasteiger partial charge in [0.05, 0.1) is 5.56 Å². The van der Waals surface area contributed by atoms with Crippen molar-refractivity contribution in [3.05, 3.63) is 35.4 Å². The summed E-state index contributed by atoms with van der Waals surface area (Å²) in [5, 5.41) is 0. The summed E-state index contributed by atoms with van der Waals surface area (Å²) in [5.74, 6) is 0. The Morgan fingerprint density at radius 3 is 2.15 bits per heavy atom. The fourth-order valence-electron chi connectivity index (χ4n) is 1.04. The average molecular weight is 204 g/mol. The normalized spacial score (nSPS) is 11.4. The van der Waals surface area contributed by atoms with E-state index in [1.54, 1.807) is 6.07 Å². The fourth-order valence-corrected chi connectivity index (χ4v) is 1.22. The molecule has 0 saturated heterocycles. The minimum Gasteiger partial charge on any atom is -0.166 e. The van der Waals surface area contributed by atoms with Gasteiger partial charge in [-0.15, -0.1) is 0 Å². The van der Waals surface area contributed by atoms with Gasteiger partial charge >= 0.3 is 6.18 Å². The number of halogens is 3. The van der Waals surface area contributed by atoms with Crippen LogP contribution in [0.3, 0.4) is 0 Å². The van der Waals surface area contributed by atoms with Crippen LogP contribution in [0.4, 0.5) is 13.2 Å². The molecule has 0 aliphatic heterocycles. The molecule has 0 aromatic heterocycles. The summed E-state index contributed by atoms with van der Waals surface area (Å²) in [6, 6.07) is 5.31. The van der Waals surface area contributed by atoms with E-state index in [0.717, 1.165) is 6.07 Å². The second kappa shape index (κ2) is 3.46. The number of hydrogen-bond donors (Lipinski definition) is 0. The van der Waals surface area contributed by atoms with E-state index in [0.29, 0.717) is 0 Å². The number of benzene rings is 1. The molecular weight excluding hydrogens is 197 g/mol. The maximum atomic E-state index is 12.3. The van der Waals surface area contributed by atoms with Crippen molar-refractivity contribution in [2.45, 2.75) is 13.1 Å². The van der Waals surface area contributed by atoms with Crippen molar-refractivity contribution in [3.8, 4) is 0 Å². The molecule has 0 bridgehead atoms. The van der Waals surface area contributed by atoms with E-state index in [1.165, 1.54) is 19.1 Å². The molecule has 0 fully saturated rings. The average Bonchev–Trinajstić information content (AvgIpc) is 2.03. The van der Waals surface area contributed by atoms with Crippen molar-refractivity contribution in [3.63, 3.8) is 0 Å². The van der Waals surface area contributed by atoms with Gasteiger partial charge in [0.2, 0.25) is 0 Å². The van der Waals surface area contributed by atoms with Gasteiger partial charge in [-0.25, -0.2) is 0 Å². The van der Waals surface area contributed by atoms with Crippen LogP contribution in [0.25, 0.3) is 0 Å². The lowest BCUT2D eigenvalue weighted by Crippen LogP contribution is -2.10. The predicted molar refractivity (Wildman–Crippen MR) is 48.8 cm³/mol. The highest BCUT2D eigenvalue weighted by Crippen LogP contribution is 2.31. The molecule has 0 saturated carbocycles. The highest BCUT2D eigenvalue weighted by Gasteiger charge is 2.33. The van der Waals surface area contributed by atoms with E-state index in [1.807, 2.05) is 0 Å². The number of hydrogen-bond acceptors (Lipinski definition) is 1. The summed E-state index contributed by atoms with van der Waals surface area (Å²) in [4.78, 5) is 0.257. The Bertz CT molecular complexity index is 328. The molecule has 13 heavy (non-hydrogen) atoms. The Morgan fingerprint density at radius 1 is 1.23 bits per heavy atom. The SMILES string of the molecule is CC(=S)c1ccccc1C(F)(F)F. The first kappa shape index (κ1) is 10.2. The number of alkyl halides is 3. The molecule has 1 aromatic carbocycles. The number of thiocarbonyl (C=S) groups is 1. The molecule has 0 unspecified atom stereocenters. The molecule has 0 nitrogen and oxygen atoms in total. The zero-order valence-corrected chi connectivity index (χ0v) is 7.67. The van der Waals surface area contributed by atoms with Gasteiger partial charge in [-0.3, -0.25) is 0 Å². The second-order valence-corrected chi connectivity index (χ2v) is 3.21. The topological polar surface area (TPSA) is 0 Å². The summed E-state index contributed by atoms with van der Waals surface area (Å²) in [6.07, 6.45) is -4.32. The Kier molecular flexibility index (Phi) is 2.71. The highest BCUT2D eigenvalue weighted by molar-refractivity contribution is 7.80. The van der Waals surface area contributed by atoms with Crippen molar-refractivity contribution >= 4 is 17.1 Å². The summed E-state index contributed by atoms with van der Waals surface area (Å²) >= 11 is 4.72. The lowest BCUT2D eigenvalue weighted by Gasteiger charge is -2.10. The molecule has 0 heterocycles. The first-order valence-corrected chi connectivity index (χ1v) is 4.01. The van der Waals surface area contributed by atoms with Gasteiger partial charge in [0, 0.05) is 10.4 Å². The maximum absolute atomic E-state index is 12.3. The maximum Gasteiger partial charge on any atom is 0.417 e. The van der Waals surface area contributed by atoms with Gasteiger partial charge in [-0.1, -0.05) is 30.4 Å². The van der Waals surface area contributed by atoms with Crippen molar-refractivity contribution in [2.24, 2.45) is 0 Å². The van der Waals surface area contributed by atoms with Crippen LogP contribution in [0.5, 0.6) is 0 Å². The standard InChI is InChI=1S/C9H7F3S/c1-6(13)7-4-2-3-5-8(7)9(10,11)12/h2-5H,1H3. The third kappa shape index (κ3) is 2.28. The Morgan fingerprint density at radius 2 is 1.77 bits per heavy atom. The molecular formula is C9H7F3S. The Balaban J connectivity index is 3.28. The van der Waals surface area contributed by atoms with Crippen LogP contribution in [-0.4, -0.2) is 4.86 Å². The Labute approximate surface area is 79.4 Å². The molecule has 70 valence electrons. The van der Waals surface area contributed by atoms with Crippen molar-refractivity contribution in [1.82, 2.24) is 0 Å². The van der Waals surface area contributed by atoms with Gasteiger partial charge in [-0.2, -0.15) is 13.2 Å². The molecule has 0 aliphatic carbocycles. The van der Waals surface area contributed by atoms with E-state index in [2.05, 4.69) is 0 Å². The van der Waals surface area contributed by atoms with Gasteiger partial charge in [-0.05, 0) is 13.0 Å². The van der Waals surface area contributed by atoms with Crippen LogP contribution in [0, 0.1) is 0 Å². The molecule has 4 heteroatoms. The smallest absolute Gasteiger partial charge is 0.166 e. The monoisotopic (exact) mass is 204 g/mol. The van der Waals surface area contributed by atoms with Crippen LogP contribution < -0.4 is 0 Å². The third-order valence-corrected chi connectivity index (χ3v) is 1.83. The molecule has 0 aliphatic rings. The largest absolute Gasteiger partial charge is 0.417 e. The van der Waals surface area contributed by atoms with Crippen molar-refractivity contribution in [2.75, 3.05) is 0 Å². The first-order chi connectivity index (χ1) is 5.93. The van der Waals surface area contributed by atoms with Gasteiger partial charge in [0.25, 0.3) is 0 Å². The molecule has 0 radical (unpaired) electrons. The summed E-state index contributed by atoms with van der Waals surface area (Å²) in [7, 11) is 0. The van der Waals surface area contributed by atoms with Gasteiger partial charge < -0.3 is 0 Å². The molecule has 0 amide bonds. The number of rotatable bonds is 1. The van der Waals surface area contributed by atoms with Crippen LogP contribution >= 0.6 is 12.2 Å². The lowest BCUT2D eigenvalue weighted by atomic mass is 10.1. The fraction of sp³-hybridized carbons (Fsp3) is 0.222. The Hall–Kier alpha value is -0.900. The molecule has 0 spiro atoms. The van der Waals surface area contributed by atoms with E-state index in [4.69, 9.17) is 12.2 Å². The summed E-state index contributed by atoms with van der Waals surface area (Å²) < 4.78 is 37.0. The molecule has 0 atom stereocenters. The highest BCUT2D eigenvalue weighted by atomic mass is 32.1. The second-order valence-electron chi connectivity index (χ2n) is 2.60. The van der Waals surface area contributed by atoms with Crippen molar-refractivity contribution < 1.29 is 13.2 Å².